The summed E-state index contributed by atoms with van der Waals surface area (Å²) in [7, 11) is -1.94. The van der Waals surface area contributed by atoms with E-state index < -0.39 is 10.0 Å². The quantitative estimate of drug-likeness (QED) is 0.283. The normalized spacial score (nSPS) is 15.1. The molecule has 0 N–H and O–H groups in total. The van der Waals surface area contributed by atoms with Crippen molar-refractivity contribution in [2.75, 3.05) is 38.1 Å². The number of hydrogen-bond donors (Lipinski definition) is 0. The van der Waals surface area contributed by atoms with Gasteiger partial charge in [0.05, 0.1) is 15.1 Å². The number of sulfonamides is 1. The van der Waals surface area contributed by atoms with Crippen molar-refractivity contribution in [3.63, 3.8) is 0 Å². The SMILES string of the molecule is CCN(CC)CCN(C(=O)c1ccc(S(=O)(=O)N(C)C2CCCCC2)cc1)c1nc2ccc(Br)cc2s1. The summed E-state index contributed by atoms with van der Waals surface area (Å²) in [6, 6.07) is 12.3. The van der Waals surface area contributed by atoms with E-state index in [0.717, 1.165) is 66.4 Å². The summed E-state index contributed by atoms with van der Waals surface area (Å²) in [5, 5.41) is 0.638. The number of carbonyl (C=O) groups excluding carboxylic acids is 1. The zero-order valence-electron chi connectivity index (χ0n) is 21.7. The smallest absolute Gasteiger partial charge is 0.260 e. The van der Waals surface area contributed by atoms with Crippen molar-refractivity contribution in [2.45, 2.75) is 56.9 Å². The Bertz CT molecular complexity index is 1320. The number of nitrogens with zero attached hydrogens (tertiary/aromatic N) is 4. The number of thiazole rings is 1. The van der Waals surface area contributed by atoms with Gasteiger partial charge in [-0.2, -0.15) is 4.31 Å². The van der Waals surface area contributed by atoms with E-state index in [2.05, 4.69) is 34.7 Å². The summed E-state index contributed by atoms with van der Waals surface area (Å²) in [4.78, 5) is 22.7. The molecule has 4 rings (SSSR count). The van der Waals surface area contributed by atoms with Gasteiger partial charge >= 0.3 is 0 Å². The van der Waals surface area contributed by atoms with Crippen LogP contribution in [0.3, 0.4) is 0 Å². The molecule has 0 radical (unpaired) electrons. The lowest BCUT2D eigenvalue weighted by atomic mass is 9.96. The van der Waals surface area contributed by atoms with Crippen molar-refractivity contribution in [3.8, 4) is 0 Å². The average molecular weight is 608 g/mol. The maximum atomic E-state index is 13.7. The Labute approximate surface area is 232 Å². The monoisotopic (exact) mass is 606 g/mol. The van der Waals surface area contributed by atoms with E-state index in [0.29, 0.717) is 17.2 Å². The van der Waals surface area contributed by atoms with Gasteiger partial charge in [-0.15, -0.1) is 0 Å². The third-order valence-corrected chi connectivity index (χ3v) is 10.7. The first-order valence-electron chi connectivity index (χ1n) is 12.9. The molecular weight excluding hydrogens is 572 g/mol. The highest BCUT2D eigenvalue weighted by Crippen LogP contribution is 2.32. The van der Waals surface area contributed by atoms with Crippen LogP contribution in [0.4, 0.5) is 5.13 Å². The minimum atomic E-state index is -3.62. The summed E-state index contributed by atoms with van der Waals surface area (Å²) in [5.41, 5.74) is 1.29. The molecule has 1 saturated carbocycles. The minimum Gasteiger partial charge on any atom is -0.302 e. The number of carbonyl (C=O) groups is 1. The summed E-state index contributed by atoms with van der Waals surface area (Å²) in [6.45, 7) is 7.21. The van der Waals surface area contributed by atoms with Gasteiger partial charge in [0, 0.05) is 36.2 Å². The largest absolute Gasteiger partial charge is 0.302 e. The van der Waals surface area contributed by atoms with Crippen LogP contribution in [0.15, 0.2) is 51.8 Å². The first-order valence-corrected chi connectivity index (χ1v) is 16.0. The summed E-state index contributed by atoms with van der Waals surface area (Å²) in [6.07, 6.45) is 5.07. The number of anilines is 1. The van der Waals surface area contributed by atoms with E-state index >= 15 is 0 Å². The van der Waals surface area contributed by atoms with Gasteiger partial charge in [-0.1, -0.05) is 60.4 Å². The third-order valence-electron chi connectivity index (χ3n) is 7.22. The zero-order valence-corrected chi connectivity index (χ0v) is 24.9. The van der Waals surface area contributed by atoms with Gasteiger partial charge in [0.25, 0.3) is 5.91 Å². The molecule has 1 aromatic heterocycles. The Kier molecular flexibility index (Phi) is 9.39. The molecular formula is C27H35BrN4O3S2. The van der Waals surface area contributed by atoms with Crippen molar-refractivity contribution in [1.82, 2.24) is 14.2 Å². The van der Waals surface area contributed by atoms with Gasteiger partial charge in [-0.3, -0.25) is 9.69 Å². The molecule has 3 aromatic rings. The molecule has 1 amide bonds. The van der Waals surface area contributed by atoms with Crippen LogP contribution in [0.1, 0.15) is 56.3 Å². The second kappa shape index (κ2) is 12.3. The fraction of sp³-hybridized carbons (Fsp3) is 0.481. The molecule has 0 aliphatic heterocycles. The fourth-order valence-electron chi connectivity index (χ4n) is 4.80. The van der Waals surface area contributed by atoms with Crippen molar-refractivity contribution < 1.29 is 13.2 Å². The maximum Gasteiger partial charge on any atom is 0.260 e. The number of likely N-dealkylation sites (N-methyl/N-ethyl adjacent to an activating group) is 1. The van der Waals surface area contributed by atoms with Gasteiger partial charge in [-0.25, -0.2) is 13.4 Å². The predicted molar refractivity (Wildman–Crippen MR) is 155 cm³/mol. The Balaban J connectivity index is 1.59. The van der Waals surface area contributed by atoms with Gasteiger partial charge in [0.15, 0.2) is 5.13 Å². The maximum absolute atomic E-state index is 13.7. The molecule has 0 saturated heterocycles. The van der Waals surface area contributed by atoms with Crippen LogP contribution < -0.4 is 4.90 Å². The molecule has 0 spiro atoms. The van der Waals surface area contributed by atoms with Crippen LogP contribution in [-0.2, 0) is 10.0 Å². The highest BCUT2D eigenvalue weighted by atomic mass is 79.9. The Morgan fingerprint density at radius 1 is 1.03 bits per heavy atom. The molecule has 1 heterocycles. The first kappa shape index (κ1) is 28.2. The molecule has 10 heteroatoms. The Morgan fingerprint density at radius 2 is 1.70 bits per heavy atom. The molecule has 200 valence electrons. The predicted octanol–water partition coefficient (Wildman–Crippen LogP) is 6.00. The van der Waals surface area contributed by atoms with Gasteiger partial charge < -0.3 is 4.90 Å². The van der Waals surface area contributed by atoms with Crippen LogP contribution in [0.5, 0.6) is 0 Å². The van der Waals surface area contributed by atoms with E-state index in [9.17, 15) is 13.2 Å². The topological polar surface area (TPSA) is 73.8 Å². The van der Waals surface area contributed by atoms with E-state index in [-0.39, 0.29) is 16.8 Å². The number of aromatic nitrogens is 1. The number of amides is 1. The number of hydrogen-bond acceptors (Lipinski definition) is 6. The lowest BCUT2D eigenvalue weighted by Gasteiger charge is -2.30. The summed E-state index contributed by atoms with van der Waals surface area (Å²) >= 11 is 4.99. The summed E-state index contributed by atoms with van der Waals surface area (Å²) < 4.78 is 30.0. The van der Waals surface area contributed by atoms with E-state index in [4.69, 9.17) is 4.98 Å². The molecule has 0 unspecified atom stereocenters. The second-order valence-corrected chi connectivity index (χ2v) is 13.4. The summed E-state index contributed by atoms with van der Waals surface area (Å²) in [5.74, 6) is -0.185. The van der Waals surface area contributed by atoms with Crippen LogP contribution in [0.2, 0.25) is 0 Å². The highest BCUT2D eigenvalue weighted by Gasteiger charge is 2.29. The minimum absolute atomic E-state index is 0.0368. The zero-order chi connectivity index (χ0) is 26.6. The van der Waals surface area contributed by atoms with Crippen LogP contribution in [-0.4, -0.2) is 67.8 Å². The second-order valence-electron chi connectivity index (χ2n) is 9.43. The average Bonchev–Trinajstić information content (AvgIpc) is 3.33. The lowest BCUT2D eigenvalue weighted by Crippen LogP contribution is -2.39. The van der Waals surface area contributed by atoms with Crippen molar-refractivity contribution >= 4 is 58.5 Å². The van der Waals surface area contributed by atoms with E-state index in [1.54, 1.807) is 36.2 Å². The standard InChI is InChI=1S/C27H35BrN4O3S2/c1-4-31(5-2)17-18-32(27-29-24-16-13-21(28)19-25(24)36-27)26(33)20-11-14-23(15-12-20)37(34,35)30(3)22-9-7-6-8-10-22/h11-16,19,22H,4-10,17-18H2,1-3H3. The number of benzene rings is 2. The van der Waals surface area contributed by atoms with Crippen molar-refractivity contribution in [2.24, 2.45) is 0 Å². The number of fused-ring (bicyclic) bond motifs is 1. The molecule has 0 atom stereocenters. The number of rotatable bonds is 10. The van der Waals surface area contributed by atoms with Crippen LogP contribution in [0, 0.1) is 0 Å². The first-order chi connectivity index (χ1) is 17.7. The van der Waals surface area contributed by atoms with Crippen LogP contribution >= 0.6 is 27.3 Å². The molecule has 7 nitrogen and oxygen atoms in total. The Hall–Kier alpha value is -1.85. The van der Waals surface area contributed by atoms with E-state index in [1.165, 1.54) is 15.6 Å². The number of halogens is 1. The fourth-order valence-corrected chi connectivity index (χ4v) is 7.76. The van der Waals surface area contributed by atoms with E-state index in [1.807, 2.05) is 18.2 Å². The lowest BCUT2D eigenvalue weighted by molar-refractivity contribution is 0.0983. The molecule has 0 bridgehead atoms. The molecule has 2 aromatic carbocycles. The molecule has 1 aliphatic rings. The highest BCUT2D eigenvalue weighted by molar-refractivity contribution is 9.10. The molecule has 1 fully saturated rings. The molecule has 37 heavy (non-hydrogen) atoms. The molecule has 1 aliphatic carbocycles. The Morgan fingerprint density at radius 3 is 2.35 bits per heavy atom. The van der Waals surface area contributed by atoms with Crippen LogP contribution in [0.25, 0.3) is 10.2 Å². The van der Waals surface area contributed by atoms with Gasteiger partial charge in [0.1, 0.15) is 0 Å². The third kappa shape index (κ3) is 6.42. The van der Waals surface area contributed by atoms with Gasteiger partial charge in [-0.05, 0) is 68.4 Å². The van der Waals surface area contributed by atoms with Gasteiger partial charge in [0.2, 0.25) is 10.0 Å². The van der Waals surface area contributed by atoms with Crippen molar-refractivity contribution in [3.05, 3.63) is 52.5 Å². The van der Waals surface area contributed by atoms with Crippen molar-refractivity contribution in [1.29, 1.82) is 0 Å².